The Labute approximate surface area is 110 Å². The van der Waals surface area contributed by atoms with Crippen molar-refractivity contribution < 1.29 is 4.79 Å². The summed E-state index contributed by atoms with van der Waals surface area (Å²) in [5.41, 5.74) is 8.26. The number of hydrogen-bond acceptors (Lipinski definition) is 4. The van der Waals surface area contributed by atoms with Crippen LogP contribution in [-0.2, 0) is 0 Å². The molecule has 0 spiro atoms. The molecule has 0 unspecified atom stereocenters. The van der Waals surface area contributed by atoms with Crippen LogP contribution < -0.4 is 11.1 Å². The van der Waals surface area contributed by atoms with Crippen LogP contribution in [-0.4, -0.2) is 16.9 Å². The molecule has 1 amide bonds. The zero-order chi connectivity index (χ0) is 13.1. The summed E-state index contributed by atoms with van der Waals surface area (Å²) < 4.78 is 0. The Morgan fingerprint density at radius 2 is 2.06 bits per heavy atom. The minimum Gasteiger partial charge on any atom is -0.390 e. The molecule has 18 heavy (non-hydrogen) atoms. The number of nitrogens with one attached hydrogen (secondary N) is 1. The molecule has 3 N–H and O–H groups in total. The molecule has 0 saturated carbocycles. The number of carbonyl (C=O) groups excluding carboxylic acids is 1. The molecule has 0 aromatic carbocycles. The Balaban J connectivity index is 2.42. The number of hydrogen-bond donors (Lipinski definition) is 2. The van der Waals surface area contributed by atoms with Gasteiger partial charge in [-0.05, 0) is 31.5 Å². The Hall–Kier alpha value is -1.88. The van der Waals surface area contributed by atoms with Crippen molar-refractivity contribution in [3.8, 4) is 11.1 Å². The predicted molar refractivity (Wildman–Crippen MR) is 74.6 cm³/mol. The zero-order valence-electron chi connectivity index (χ0n) is 10.3. The normalized spacial score (nSPS) is 10.6. The van der Waals surface area contributed by atoms with Gasteiger partial charge >= 0.3 is 0 Å². The molecule has 2 aromatic rings. The number of nitrogen functional groups attached to an aromatic ring is 1. The first-order chi connectivity index (χ1) is 8.59. The molecule has 2 rings (SSSR count). The molecule has 0 saturated heterocycles. The second kappa shape index (κ2) is 5.18. The smallest absolute Gasteiger partial charge is 0.255 e. The summed E-state index contributed by atoms with van der Waals surface area (Å²) in [6.07, 6.45) is 3.40. The standard InChI is InChI=1S/C13H15N3OS/c1-8(2)16-13(17)11-10(7-18-12(11)14)9-3-5-15-6-4-9/h3-8H,14H2,1-2H3,(H,16,17). The molecule has 0 aliphatic rings. The number of pyridine rings is 1. The molecule has 0 aliphatic heterocycles. The first-order valence-corrected chi connectivity index (χ1v) is 6.55. The van der Waals surface area contributed by atoms with Gasteiger partial charge in [0, 0.05) is 29.4 Å². The van der Waals surface area contributed by atoms with Crippen LogP contribution in [0, 0.1) is 0 Å². The number of aromatic nitrogens is 1. The monoisotopic (exact) mass is 261 g/mol. The Bertz CT molecular complexity index is 549. The number of thiophene rings is 1. The average molecular weight is 261 g/mol. The van der Waals surface area contributed by atoms with E-state index in [0.717, 1.165) is 11.1 Å². The van der Waals surface area contributed by atoms with Gasteiger partial charge in [0.1, 0.15) is 0 Å². The topological polar surface area (TPSA) is 68.0 Å². The van der Waals surface area contributed by atoms with Crippen LogP contribution in [0.15, 0.2) is 29.9 Å². The summed E-state index contributed by atoms with van der Waals surface area (Å²) in [5, 5.41) is 5.31. The molecule has 5 heteroatoms. The lowest BCUT2D eigenvalue weighted by Crippen LogP contribution is -2.30. The molecule has 4 nitrogen and oxygen atoms in total. The highest BCUT2D eigenvalue weighted by molar-refractivity contribution is 7.15. The molecule has 0 bridgehead atoms. The molecule has 0 radical (unpaired) electrons. The zero-order valence-corrected chi connectivity index (χ0v) is 11.1. The van der Waals surface area contributed by atoms with Gasteiger partial charge in [0.05, 0.1) is 10.6 Å². The lowest BCUT2D eigenvalue weighted by Gasteiger charge is -2.10. The van der Waals surface area contributed by atoms with Gasteiger partial charge in [0.2, 0.25) is 0 Å². The lowest BCUT2D eigenvalue weighted by molar-refractivity contribution is 0.0945. The van der Waals surface area contributed by atoms with Crippen LogP contribution in [0.1, 0.15) is 24.2 Å². The van der Waals surface area contributed by atoms with Crippen molar-refractivity contribution in [2.24, 2.45) is 0 Å². The van der Waals surface area contributed by atoms with E-state index in [1.54, 1.807) is 12.4 Å². The van der Waals surface area contributed by atoms with Crippen LogP contribution >= 0.6 is 11.3 Å². The van der Waals surface area contributed by atoms with Gasteiger partial charge in [-0.3, -0.25) is 9.78 Å². The highest BCUT2D eigenvalue weighted by atomic mass is 32.1. The van der Waals surface area contributed by atoms with E-state index in [9.17, 15) is 4.79 Å². The highest BCUT2D eigenvalue weighted by Gasteiger charge is 2.18. The van der Waals surface area contributed by atoms with E-state index in [4.69, 9.17) is 5.73 Å². The third-order valence-electron chi connectivity index (χ3n) is 2.46. The van der Waals surface area contributed by atoms with E-state index < -0.39 is 0 Å². The molecular formula is C13H15N3OS. The molecular weight excluding hydrogens is 246 g/mol. The quantitative estimate of drug-likeness (QED) is 0.892. The fourth-order valence-corrected chi connectivity index (χ4v) is 2.50. The summed E-state index contributed by atoms with van der Waals surface area (Å²) in [6.45, 7) is 3.85. The maximum absolute atomic E-state index is 12.1. The number of amides is 1. The molecule has 0 atom stereocenters. The van der Waals surface area contributed by atoms with Crippen molar-refractivity contribution >= 4 is 22.2 Å². The van der Waals surface area contributed by atoms with Crippen molar-refractivity contribution in [1.82, 2.24) is 10.3 Å². The van der Waals surface area contributed by atoms with Crippen molar-refractivity contribution in [3.63, 3.8) is 0 Å². The van der Waals surface area contributed by atoms with E-state index in [2.05, 4.69) is 10.3 Å². The minimum atomic E-state index is -0.129. The first-order valence-electron chi connectivity index (χ1n) is 5.68. The second-order valence-corrected chi connectivity index (χ2v) is 5.16. The fourth-order valence-electron chi connectivity index (χ4n) is 1.69. The van der Waals surface area contributed by atoms with Gasteiger partial charge in [0.15, 0.2) is 0 Å². The van der Waals surface area contributed by atoms with E-state index in [-0.39, 0.29) is 11.9 Å². The Morgan fingerprint density at radius 1 is 1.39 bits per heavy atom. The van der Waals surface area contributed by atoms with E-state index in [1.807, 2.05) is 31.4 Å². The summed E-state index contributed by atoms with van der Waals surface area (Å²) in [5.74, 6) is -0.129. The largest absolute Gasteiger partial charge is 0.390 e. The Morgan fingerprint density at radius 3 is 2.67 bits per heavy atom. The fraction of sp³-hybridized carbons (Fsp3) is 0.231. The molecule has 0 aliphatic carbocycles. The van der Waals surface area contributed by atoms with Crippen LogP contribution in [0.25, 0.3) is 11.1 Å². The third kappa shape index (κ3) is 2.51. The number of rotatable bonds is 3. The highest BCUT2D eigenvalue weighted by Crippen LogP contribution is 2.33. The van der Waals surface area contributed by atoms with Gasteiger partial charge in [-0.2, -0.15) is 0 Å². The van der Waals surface area contributed by atoms with Crippen LogP contribution in [0.3, 0.4) is 0 Å². The van der Waals surface area contributed by atoms with E-state index in [0.29, 0.717) is 10.6 Å². The summed E-state index contributed by atoms with van der Waals surface area (Å²) in [6, 6.07) is 3.82. The maximum Gasteiger partial charge on any atom is 0.255 e. The van der Waals surface area contributed by atoms with Crippen molar-refractivity contribution in [2.75, 3.05) is 5.73 Å². The maximum atomic E-state index is 12.1. The minimum absolute atomic E-state index is 0.0853. The third-order valence-corrected chi connectivity index (χ3v) is 3.27. The number of nitrogens with zero attached hydrogens (tertiary/aromatic N) is 1. The van der Waals surface area contributed by atoms with Crippen LogP contribution in [0.5, 0.6) is 0 Å². The van der Waals surface area contributed by atoms with Crippen molar-refractivity contribution in [2.45, 2.75) is 19.9 Å². The van der Waals surface area contributed by atoms with Gasteiger partial charge in [-0.15, -0.1) is 11.3 Å². The molecule has 2 aromatic heterocycles. The van der Waals surface area contributed by atoms with Gasteiger partial charge in [0.25, 0.3) is 5.91 Å². The number of nitrogens with two attached hydrogens (primary N) is 1. The van der Waals surface area contributed by atoms with Gasteiger partial charge in [-0.1, -0.05) is 0 Å². The van der Waals surface area contributed by atoms with Crippen molar-refractivity contribution in [1.29, 1.82) is 0 Å². The second-order valence-electron chi connectivity index (χ2n) is 4.25. The van der Waals surface area contributed by atoms with E-state index in [1.165, 1.54) is 11.3 Å². The van der Waals surface area contributed by atoms with Crippen LogP contribution in [0.2, 0.25) is 0 Å². The number of anilines is 1. The molecule has 94 valence electrons. The molecule has 2 heterocycles. The summed E-state index contributed by atoms with van der Waals surface area (Å²) in [4.78, 5) is 16.1. The average Bonchev–Trinajstić information content (AvgIpc) is 2.71. The summed E-state index contributed by atoms with van der Waals surface area (Å²) in [7, 11) is 0. The SMILES string of the molecule is CC(C)NC(=O)c1c(-c2ccncc2)csc1N. The van der Waals surface area contributed by atoms with Gasteiger partial charge < -0.3 is 11.1 Å². The first kappa shape index (κ1) is 12.6. The van der Waals surface area contributed by atoms with Gasteiger partial charge in [-0.25, -0.2) is 0 Å². The number of carbonyl (C=O) groups is 1. The van der Waals surface area contributed by atoms with Crippen LogP contribution in [0.4, 0.5) is 5.00 Å². The summed E-state index contributed by atoms with van der Waals surface area (Å²) >= 11 is 1.38. The molecule has 0 fully saturated rings. The van der Waals surface area contributed by atoms with E-state index >= 15 is 0 Å². The lowest BCUT2D eigenvalue weighted by atomic mass is 10.0. The van der Waals surface area contributed by atoms with Crippen molar-refractivity contribution in [3.05, 3.63) is 35.5 Å². The Kier molecular flexibility index (Phi) is 3.62. The predicted octanol–water partition coefficient (Wildman–Crippen LogP) is 2.53.